The van der Waals surface area contributed by atoms with Crippen LogP contribution in [0.2, 0.25) is 0 Å². The molecule has 22 rings (SSSR count). The number of benzene rings is 8. The van der Waals surface area contributed by atoms with Crippen LogP contribution in [0.25, 0.3) is 116 Å². The fourth-order valence-corrected chi connectivity index (χ4v) is 18.6. The minimum Gasteiger partial charge on any atom is -1.00 e. The molecule has 0 bridgehead atoms. The number of para-hydroxylation sites is 5. The molecule has 18 nitrogen and oxygen atoms in total. The third kappa shape index (κ3) is 18.2. The molecule has 0 amide bonds. The Balaban J connectivity index is 0.000000110. The maximum Gasteiger partial charge on any atom is 0.215 e. The first-order valence-corrected chi connectivity index (χ1v) is 41.6. The number of aryl methyl sites for hydroxylation is 3. The second kappa shape index (κ2) is 37.1. The summed E-state index contributed by atoms with van der Waals surface area (Å²) in [5.41, 5.74) is 15.4. The van der Waals surface area contributed by atoms with Crippen LogP contribution in [0.1, 0.15) is 50.7 Å². The van der Waals surface area contributed by atoms with Gasteiger partial charge in [0, 0.05) is 103 Å². The summed E-state index contributed by atoms with van der Waals surface area (Å²) in [6.07, 6.45) is 17.7. The molecular weight excluding hydrogens is 1620 g/mol. The Labute approximate surface area is 704 Å². The van der Waals surface area contributed by atoms with E-state index in [0.29, 0.717) is 17.8 Å². The zero-order valence-corrected chi connectivity index (χ0v) is 68.5. The van der Waals surface area contributed by atoms with Gasteiger partial charge in [-0.3, -0.25) is 34.7 Å². The van der Waals surface area contributed by atoms with E-state index < -0.39 is 7.26 Å². The first kappa shape index (κ1) is 78.6. The number of carbonyl (C=O) groups is 1. The van der Waals surface area contributed by atoms with Crippen LogP contribution in [0.3, 0.4) is 0 Å². The van der Waals surface area contributed by atoms with Gasteiger partial charge in [0.1, 0.15) is 29.3 Å². The van der Waals surface area contributed by atoms with Crippen molar-refractivity contribution in [3.63, 3.8) is 0 Å². The molecule has 0 saturated heterocycles. The van der Waals surface area contributed by atoms with Crippen LogP contribution in [-0.4, -0.2) is 90.0 Å². The number of pyridine rings is 11. The highest BCUT2D eigenvalue weighted by Crippen LogP contribution is 2.58. The van der Waals surface area contributed by atoms with Crippen molar-refractivity contribution >= 4 is 162 Å². The highest BCUT2D eigenvalue weighted by molar-refractivity contribution is 9.08. The maximum atomic E-state index is 10.6. The second-order valence-electron chi connectivity index (χ2n) is 27.6. The quantitative estimate of drug-likeness (QED) is 0.0632. The molecule has 0 aliphatic carbocycles. The van der Waals surface area contributed by atoms with Crippen LogP contribution in [0.4, 0.5) is 0 Å². The number of hydrogen-bond acceptors (Lipinski definition) is 15. The van der Waals surface area contributed by atoms with E-state index in [1.54, 1.807) is 33.8 Å². The molecule has 0 radical (unpaired) electrons. The Kier molecular flexibility index (Phi) is 24.5. The topological polar surface area (TPSA) is 211 Å². The Morgan fingerprint density at radius 2 is 0.697 bits per heavy atom. The van der Waals surface area contributed by atoms with E-state index in [1.807, 2.05) is 182 Å². The van der Waals surface area contributed by atoms with Gasteiger partial charge in [-0.1, -0.05) is 192 Å². The van der Waals surface area contributed by atoms with Gasteiger partial charge >= 0.3 is 0 Å². The van der Waals surface area contributed by atoms with Crippen LogP contribution < -0.4 is 32.9 Å². The normalized spacial score (nSPS) is 11.2. The first-order valence-electron chi connectivity index (χ1n) is 38.5. The predicted molar refractivity (Wildman–Crippen MR) is 482 cm³/mol. The Hall–Kier alpha value is -14.3. The molecular formula is C98H74Br2N17OP. The molecule has 0 N–H and O–H groups in total. The Morgan fingerprint density at radius 3 is 1.18 bits per heavy atom. The lowest BCUT2D eigenvalue weighted by atomic mass is 10.1. The summed E-state index contributed by atoms with van der Waals surface area (Å²) in [6, 6.07) is 112. The van der Waals surface area contributed by atoms with Gasteiger partial charge < -0.3 is 17.0 Å². The standard InChI is InChI=1S/C28H23NP.C20H15N5.C20H13N5.C10H8BrN.C10H6N4O.C10H9N.BrH/c1-4-13-25(14-5-1)30(26-15-6-2-7-16-26,27-17-8-3-9-18-27)22-24-21-20-23-12-10-11-19-28(23)29-24;2*1-2-6-17-14(4-1)7-8-15(22-17)9-10-19-23-20-16-5-3-12-21-18(16)11-13-25(20)24-19;11-7-9-6-5-8-3-1-2-4-10(8)12-9;15-6-9-12-10-7-2-1-4-11-8(7)3-5-14(10)13-9;1-8-6-7-9-4-2-3-5-10(9)11-8;/h1-21H,22H2;1-8,11-13H,9-10H2;1-13H;1-6H,7H2;1-6H;2-7H,1H3;1H/q+1;;;;;;/p-1/b;;10-9+;;;;. The third-order valence-corrected chi connectivity index (χ3v) is 24.8. The van der Waals surface area contributed by atoms with Crippen molar-refractivity contribution < 1.29 is 21.8 Å². The van der Waals surface area contributed by atoms with Crippen LogP contribution in [-0.2, 0) is 24.3 Å². The van der Waals surface area contributed by atoms with Gasteiger partial charge in [-0.25, -0.2) is 38.5 Å². The summed E-state index contributed by atoms with van der Waals surface area (Å²) in [6.45, 7) is 2.01. The van der Waals surface area contributed by atoms with Crippen LogP contribution >= 0.6 is 23.2 Å². The molecule has 119 heavy (non-hydrogen) atoms. The van der Waals surface area contributed by atoms with Crippen molar-refractivity contribution in [3.8, 4) is 0 Å². The summed E-state index contributed by atoms with van der Waals surface area (Å²) in [5, 5.41) is 26.8. The van der Waals surface area contributed by atoms with Gasteiger partial charge in [0.2, 0.25) is 5.82 Å². The summed E-state index contributed by atoms with van der Waals surface area (Å²) in [7, 11) is -1.92. The van der Waals surface area contributed by atoms with E-state index in [1.165, 1.54) is 32.1 Å². The SMILES string of the molecule is BrCc1ccc2ccccc2n1.C(=C\c1nc2c3cccnc3ccn2n1)/c1ccc2ccccc2n1.Cc1ccc2ccccc2n1.O=Cc1nc2c3cccnc3ccn2n1.[Br-].c1ccc([P+](Cc2ccc3ccccc3n2)(c2ccccc2)c2ccccc2)cc1.c1ccc2nc(CCc3nc4c5cccnc5ccn4n3)ccc2c1. The van der Waals surface area contributed by atoms with Gasteiger partial charge in [0.15, 0.2) is 34.9 Å². The number of hydrogen-bond donors (Lipinski definition) is 0. The largest absolute Gasteiger partial charge is 1.00 e. The lowest BCUT2D eigenvalue weighted by Gasteiger charge is -2.27. The first-order chi connectivity index (χ1) is 58.2. The number of alkyl halides is 1. The summed E-state index contributed by atoms with van der Waals surface area (Å²) in [5.74, 6) is 1.66. The number of aromatic nitrogens is 17. The second-order valence-corrected chi connectivity index (χ2v) is 31.7. The van der Waals surface area contributed by atoms with E-state index >= 15 is 0 Å². The molecule has 0 aliphatic heterocycles. The highest BCUT2D eigenvalue weighted by Gasteiger charge is 2.46. The van der Waals surface area contributed by atoms with Gasteiger partial charge in [-0.15, -0.1) is 10.2 Å². The van der Waals surface area contributed by atoms with E-state index in [0.717, 1.165) is 141 Å². The van der Waals surface area contributed by atoms with Crippen molar-refractivity contribution in [2.45, 2.75) is 31.3 Å². The molecule has 21 heteroatoms. The zero-order valence-electron chi connectivity index (χ0n) is 64.4. The average Bonchev–Trinajstić information content (AvgIpc) is 1.64. The summed E-state index contributed by atoms with van der Waals surface area (Å²) >= 11 is 3.38. The molecule has 0 spiro atoms. The number of carbonyl (C=O) groups excluding carboxylic acids is 1. The molecule has 0 saturated carbocycles. The minimum absolute atomic E-state index is 0. The van der Waals surface area contributed by atoms with E-state index in [4.69, 9.17) is 15.0 Å². The fourth-order valence-electron chi connectivity index (χ4n) is 14.2. The molecule has 14 heterocycles. The lowest BCUT2D eigenvalue weighted by Crippen LogP contribution is -3.00. The molecule has 8 aromatic carbocycles. The van der Waals surface area contributed by atoms with Gasteiger partial charge in [0.05, 0.1) is 61.2 Å². The van der Waals surface area contributed by atoms with Gasteiger partial charge in [0.25, 0.3) is 0 Å². The number of aldehydes is 1. The number of fused-ring (bicyclic) bond motifs is 14. The van der Waals surface area contributed by atoms with Gasteiger partial charge in [-0.2, -0.15) is 5.10 Å². The third-order valence-electron chi connectivity index (χ3n) is 19.9. The molecule has 22 aromatic rings. The van der Waals surface area contributed by atoms with Crippen LogP contribution in [0, 0.1) is 6.92 Å². The minimum atomic E-state index is -1.92. The van der Waals surface area contributed by atoms with E-state index in [-0.39, 0.29) is 22.8 Å². The number of nitrogens with zero attached hydrogens (tertiary/aromatic N) is 17. The monoisotopic (exact) mass is 1690 g/mol. The van der Waals surface area contributed by atoms with Crippen molar-refractivity contribution in [2.75, 3.05) is 0 Å². The predicted octanol–water partition coefficient (Wildman–Crippen LogP) is 17.1. The molecule has 0 atom stereocenters. The average molecular weight is 1700 g/mol. The van der Waals surface area contributed by atoms with Crippen molar-refractivity contribution in [1.29, 1.82) is 0 Å². The fraction of sp³-hybridized carbons (Fsp3) is 0.0510. The molecule has 0 aliphatic rings. The van der Waals surface area contributed by atoms with E-state index in [9.17, 15) is 4.79 Å². The summed E-state index contributed by atoms with van der Waals surface area (Å²) in [4.78, 5) is 60.1. The van der Waals surface area contributed by atoms with Gasteiger partial charge in [-0.05, 0) is 177 Å². The van der Waals surface area contributed by atoms with E-state index in [2.05, 4.69) is 253 Å². The molecule has 576 valence electrons. The molecule has 0 fully saturated rings. The number of halogens is 2. The van der Waals surface area contributed by atoms with Crippen molar-refractivity contribution in [1.82, 2.24) is 83.7 Å². The maximum absolute atomic E-state index is 10.6. The van der Waals surface area contributed by atoms with Crippen molar-refractivity contribution in [3.05, 3.63) is 411 Å². The molecule has 0 unspecified atom stereocenters. The smallest absolute Gasteiger partial charge is 0.215 e. The molecule has 14 aromatic heterocycles. The lowest BCUT2D eigenvalue weighted by molar-refractivity contribution is -0.0000295. The van der Waals surface area contributed by atoms with Crippen molar-refractivity contribution in [2.24, 2.45) is 0 Å². The van der Waals surface area contributed by atoms with Crippen LogP contribution in [0.5, 0.6) is 0 Å². The number of rotatable bonds is 12. The van der Waals surface area contributed by atoms with Crippen LogP contribution in [0.15, 0.2) is 365 Å². The summed E-state index contributed by atoms with van der Waals surface area (Å²) < 4.78 is 5.18. The highest BCUT2D eigenvalue weighted by atomic mass is 79.9. The Bertz CT molecular complexity index is 7220. The zero-order chi connectivity index (χ0) is 79.8. The Morgan fingerprint density at radius 1 is 0.319 bits per heavy atom.